The number of thiophene rings is 1. The van der Waals surface area contributed by atoms with E-state index < -0.39 is 18.0 Å². The summed E-state index contributed by atoms with van der Waals surface area (Å²) in [7, 11) is 0. The number of aliphatic hydroxyl groups is 1. The number of H-pyrrole nitrogens is 1. The summed E-state index contributed by atoms with van der Waals surface area (Å²) in [5.41, 5.74) is 2.30. The van der Waals surface area contributed by atoms with E-state index in [0.717, 1.165) is 10.3 Å². The smallest absolute Gasteiger partial charge is 0.268 e. The lowest BCUT2D eigenvalue weighted by molar-refractivity contribution is 0.0854. The summed E-state index contributed by atoms with van der Waals surface area (Å²) in [6.07, 6.45) is -0.488. The van der Waals surface area contributed by atoms with Crippen LogP contribution in [0, 0.1) is 5.82 Å². The van der Waals surface area contributed by atoms with Crippen LogP contribution in [0.25, 0.3) is 10.2 Å². The number of benzene rings is 1. The molecule has 3 aromatic rings. The fraction of sp³-hybridized carbons (Fsp3) is 0.188. The zero-order valence-corrected chi connectivity index (χ0v) is 14.4. The van der Waals surface area contributed by atoms with E-state index in [-0.39, 0.29) is 5.91 Å². The van der Waals surface area contributed by atoms with Crippen molar-refractivity contribution < 1.29 is 14.3 Å². The first-order valence-electron chi connectivity index (χ1n) is 7.18. The van der Waals surface area contributed by atoms with E-state index in [2.05, 4.69) is 10.3 Å². The molecule has 124 valence electrons. The number of carbonyl (C=O) groups is 1. The second-order valence-corrected chi connectivity index (χ2v) is 7.72. The molecule has 0 aliphatic heterocycles. The third-order valence-corrected chi connectivity index (χ3v) is 6.11. The van der Waals surface area contributed by atoms with Gasteiger partial charge in [-0.25, -0.2) is 4.39 Å². The molecule has 8 heteroatoms. The van der Waals surface area contributed by atoms with Crippen LogP contribution >= 0.6 is 34.5 Å². The average Bonchev–Trinajstić information content (AvgIpc) is 3.16. The maximum absolute atomic E-state index is 13.3. The highest BCUT2D eigenvalue weighted by Gasteiger charge is 2.32. The van der Waals surface area contributed by atoms with Crippen molar-refractivity contribution in [2.75, 3.05) is 0 Å². The molecule has 0 bridgehead atoms. The lowest BCUT2D eigenvalue weighted by atomic mass is 10.1. The maximum atomic E-state index is 13.3. The monoisotopic (exact) mass is 384 g/mol. The third-order valence-electron chi connectivity index (χ3n) is 4.18. The summed E-state index contributed by atoms with van der Waals surface area (Å²) in [6.45, 7) is 0. The third kappa shape index (κ3) is 2.50. The molecule has 2 heterocycles. The molecule has 1 amide bonds. The van der Waals surface area contributed by atoms with Crippen molar-refractivity contribution in [3.05, 3.63) is 56.3 Å². The van der Waals surface area contributed by atoms with Gasteiger partial charge in [0, 0.05) is 0 Å². The first-order chi connectivity index (χ1) is 11.4. The van der Waals surface area contributed by atoms with Gasteiger partial charge in [-0.05, 0) is 35.7 Å². The molecule has 0 fully saturated rings. The van der Waals surface area contributed by atoms with Gasteiger partial charge >= 0.3 is 0 Å². The van der Waals surface area contributed by atoms with Gasteiger partial charge in [0.25, 0.3) is 5.91 Å². The van der Waals surface area contributed by atoms with E-state index in [1.165, 1.54) is 23.5 Å². The van der Waals surface area contributed by atoms with Gasteiger partial charge in [0.2, 0.25) is 0 Å². The van der Waals surface area contributed by atoms with Crippen molar-refractivity contribution in [3.8, 4) is 0 Å². The Morgan fingerprint density at radius 2 is 2.17 bits per heavy atom. The van der Waals surface area contributed by atoms with E-state index in [9.17, 15) is 14.3 Å². The largest absolute Gasteiger partial charge is 0.386 e. The molecular formula is C16H11Cl2FN2O2S. The van der Waals surface area contributed by atoms with Crippen LogP contribution in [0.2, 0.25) is 9.36 Å². The first-order valence-corrected chi connectivity index (χ1v) is 8.75. The second kappa shape index (κ2) is 5.74. The van der Waals surface area contributed by atoms with Crippen LogP contribution < -0.4 is 5.32 Å². The molecule has 24 heavy (non-hydrogen) atoms. The SMILES string of the molecule is O=C(NC1Cc2ccc(F)cc2C1O)c1cc2sc(Cl)c(Cl)c2[nH]1. The number of fused-ring (bicyclic) bond motifs is 2. The lowest BCUT2D eigenvalue weighted by Crippen LogP contribution is -2.37. The number of aromatic nitrogens is 1. The summed E-state index contributed by atoms with van der Waals surface area (Å²) < 4.78 is 14.6. The molecule has 0 radical (unpaired) electrons. The molecule has 4 rings (SSSR count). The minimum atomic E-state index is -0.936. The summed E-state index contributed by atoms with van der Waals surface area (Å²) in [5.74, 6) is -0.765. The Morgan fingerprint density at radius 3 is 2.92 bits per heavy atom. The quantitative estimate of drug-likeness (QED) is 0.623. The fourth-order valence-electron chi connectivity index (χ4n) is 3.01. The number of aromatic amines is 1. The van der Waals surface area contributed by atoms with Crippen LogP contribution in [0.4, 0.5) is 4.39 Å². The molecular weight excluding hydrogens is 374 g/mol. The van der Waals surface area contributed by atoms with Gasteiger partial charge in [-0.15, -0.1) is 11.3 Å². The second-order valence-electron chi connectivity index (χ2n) is 5.68. The van der Waals surface area contributed by atoms with E-state index in [4.69, 9.17) is 23.2 Å². The summed E-state index contributed by atoms with van der Waals surface area (Å²) >= 11 is 13.3. The van der Waals surface area contributed by atoms with Crippen molar-refractivity contribution in [3.63, 3.8) is 0 Å². The number of halogens is 3. The Hall–Kier alpha value is -1.60. The van der Waals surface area contributed by atoms with Crippen molar-refractivity contribution in [2.45, 2.75) is 18.6 Å². The van der Waals surface area contributed by atoms with Crippen LogP contribution in [0.1, 0.15) is 27.7 Å². The molecule has 0 spiro atoms. The van der Waals surface area contributed by atoms with Crippen molar-refractivity contribution in [2.24, 2.45) is 0 Å². The Kier molecular flexibility index (Phi) is 3.80. The van der Waals surface area contributed by atoms with Gasteiger partial charge in [0.15, 0.2) is 0 Å². The number of carbonyl (C=O) groups excluding carboxylic acids is 1. The van der Waals surface area contributed by atoms with Gasteiger partial charge in [-0.1, -0.05) is 29.3 Å². The minimum Gasteiger partial charge on any atom is -0.386 e. The topological polar surface area (TPSA) is 65.1 Å². The molecule has 1 aromatic carbocycles. The Balaban J connectivity index is 1.56. The number of aliphatic hydroxyl groups excluding tert-OH is 1. The van der Waals surface area contributed by atoms with Crippen LogP contribution in [-0.2, 0) is 6.42 Å². The van der Waals surface area contributed by atoms with Gasteiger partial charge in [-0.3, -0.25) is 4.79 Å². The van der Waals surface area contributed by atoms with Crippen LogP contribution in [0.5, 0.6) is 0 Å². The predicted octanol–water partition coefficient (Wildman–Crippen LogP) is 4.06. The average molecular weight is 385 g/mol. The van der Waals surface area contributed by atoms with Crippen LogP contribution in [0.3, 0.4) is 0 Å². The van der Waals surface area contributed by atoms with Crippen LogP contribution in [0.15, 0.2) is 24.3 Å². The summed E-state index contributed by atoms with van der Waals surface area (Å²) in [4.78, 5) is 15.4. The van der Waals surface area contributed by atoms with Crippen molar-refractivity contribution in [1.82, 2.24) is 10.3 Å². The number of hydrogen-bond donors (Lipinski definition) is 3. The predicted molar refractivity (Wildman–Crippen MR) is 92.5 cm³/mol. The minimum absolute atomic E-state index is 0.337. The standard InChI is InChI=1S/C16H11Cl2FN2O2S/c17-12-13-11(24-15(12)18)5-10(20-13)16(23)21-9-3-6-1-2-7(19)4-8(6)14(9)22/h1-2,4-5,9,14,20,22H,3H2,(H,21,23). The van der Waals surface area contributed by atoms with Crippen molar-refractivity contribution >= 4 is 50.7 Å². The number of amides is 1. The first kappa shape index (κ1) is 15.9. The number of rotatable bonds is 2. The zero-order valence-electron chi connectivity index (χ0n) is 12.1. The molecule has 2 unspecified atom stereocenters. The normalized spacial score (nSPS) is 19.7. The molecule has 2 aromatic heterocycles. The molecule has 1 aliphatic rings. The Bertz CT molecular complexity index is 969. The number of hydrogen-bond acceptors (Lipinski definition) is 3. The van der Waals surface area contributed by atoms with Gasteiger partial charge in [0.1, 0.15) is 15.8 Å². The van der Waals surface area contributed by atoms with E-state index in [1.807, 2.05) is 0 Å². The van der Waals surface area contributed by atoms with Gasteiger partial charge < -0.3 is 15.4 Å². The summed E-state index contributed by atoms with van der Waals surface area (Å²) in [6, 6.07) is 5.45. The molecule has 3 N–H and O–H groups in total. The lowest BCUT2D eigenvalue weighted by Gasteiger charge is -2.16. The van der Waals surface area contributed by atoms with Crippen molar-refractivity contribution in [1.29, 1.82) is 0 Å². The Labute approximate surface area is 150 Å². The highest BCUT2D eigenvalue weighted by atomic mass is 35.5. The van der Waals surface area contributed by atoms with E-state index in [0.29, 0.717) is 32.6 Å². The fourth-order valence-corrected chi connectivity index (χ4v) is 4.49. The molecule has 0 saturated carbocycles. The maximum Gasteiger partial charge on any atom is 0.268 e. The molecule has 1 aliphatic carbocycles. The van der Waals surface area contributed by atoms with E-state index >= 15 is 0 Å². The molecule has 0 saturated heterocycles. The van der Waals surface area contributed by atoms with Gasteiger partial charge in [-0.2, -0.15) is 0 Å². The summed E-state index contributed by atoms with van der Waals surface area (Å²) in [5, 5.41) is 13.5. The Morgan fingerprint density at radius 1 is 1.38 bits per heavy atom. The van der Waals surface area contributed by atoms with Gasteiger partial charge in [0.05, 0.1) is 27.4 Å². The zero-order chi connectivity index (χ0) is 17.0. The highest BCUT2D eigenvalue weighted by Crippen LogP contribution is 2.39. The highest BCUT2D eigenvalue weighted by molar-refractivity contribution is 7.23. The number of nitrogens with one attached hydrogen (secondary N) is 2. The van der Waals surface area contributed by atoms with E-state index in [1.54, 1.807) is 12.1 Å². The van der Waals surface area contributed by atoms with Crippen LogP contribution in [-0.4, -0.2) is 22.0 Å². The molecule has 2 atom stereocenters. The molecule has 4 nitrogen and oxygen atoms in total.